The number of carbonyl (C=O) groups excluding carboxylic acids is 1. The lowest BCUT2D eigenvalue weighted by atomic mass is 9.92. The molecule has 3 aromatic rings. The van der Waals surface area contributed by atoms with Crippen LogP contribution in [0.15, 0.2) is 61.1 Å². The highest BCUT2D eigenvalue weighted by atomic mass is 35.5. The summed E-state index contributed by atoms with van der Waals surface area (Å²) in [6, 6.07) is 15.4. The van der Waals surface area contributed by atoms with Crippen LogP contribution in [0.2, 0.25) is 5.02 Å². The summed E-state index contributed by atoms with van der Waals surface area (Å²) < 4.78 is 1.46. The zero-order valence-corrected chi connectivity index (χ0v) is 15.5. The molecule has 140 valence electrons. The molecule has 6 nitrogen and oxygen atoms in total. The molecule has 28 heavy (non-hydrogen) atoms. The highest BCUT2D eigenvalue weighted by Crippen LogP contribution is 2.67. The minimum atomic E-state index is -0.960. The quantitative estimate of drug-likeness (QED) is 0.732. The number of halogens is 1. The van der Waals surface area contributed by atoms with Gasteiger partial charge in [0, 0.05) is 17.1 Å². The second-order valence-electron chi connectivity index (χ2n) is 7.24. The van der Waals surface area contributed by atoms with Crippen molar-refractivity contribution in [3.63, 3.8) is 0 Å². The molecule has 1 unspecified atom stereocenters. The Labute approximate surface area is 166 Å². The van der Waals surface area contributed by atoms with Gasteiger partial charge in [-0.05, 0) is 35.7 Å². The maximum Gasteiger partial charge on any atom is 0.323 e. The number of hydrogen-bond acceptors (Lipinski definition) is 3. The van der Waals surface area contributed by atoms with Crippen molar-refractivity contribution >= 4 is 35.0 Å². The number of imidazole rings is 1. The largest absolute Gasteiger partial charge is 0.480 e. The van der Waals surface area contributed by atoms with Gasteiger partial charge < -0.3 is 9.67 Å². The van der Waals surface area contributed by atoms with Crippen molar-refractivity contribution in [2.24, 2.45) is 0 Å². The van der Waals surface area contributed by atoms with Crippen molar-refractivity contribution in [1.82, 2.24) is 9.55 Å². The zero-order chi connectivity index (χ0) is 19.5. The number of aliphatic carboxylic acids is 1. The van der Waals surface area contributed by atoms with Crippen molar-refractivity contribution in [2.75, 3.05) is 4.90 Å². The summed E-state index contributed by atoms with van der Waals surface area (Å²) in [5.41, 5.74) is 2.30. The van der Waals surface area contributed by atoms with Gasteiger partial charge in [0.15, 0.2) is 5.82 Å². The molecule has 1 saturated carbocycles. The Morgan fingerprint density at radius 3 is 2.71 bits per heavy atom. The van der Waals surface area contributed by atoms with E-state index in [1.54, 1.807) is 11.1 Å². The maximum absolute atomic E-state index is 13.6. The molecule has 1 amide bonds. The fourth-order valence-corrected chi connectivity index (χ4v) is 4.42. The number of rotatable bonds is 4. The highest BCUT2D eigenvalue weighted by molar-refractivity contribution is 6.30. The van der Waals surface area contributed by atoms with Crippen LogP contribution in [-0.2, 0) is 21.5 Å². The van der Waals surface area contributed by atoms with Gasteiger partial charge in [-0.15, -0.1) is 0 Å². The molecule has 0 radical (unpaired) electrons. The van der Waals surface area contributed by atoms with E-state index in [2.05, 4.69) is 4.98 Å². The van der Waals surface area contributed by atoms with Gasteiger partial charge >= 0.3 is 5.97 Å². The third kappa shape index (κ3) is 2.38. The summed E-state index contributed by atoms with van der Waals surface area (Å²) in [5, 5.41) is 9.65. The lowest BCUT2D eigenvalue weighted by Gasteiger charge is -2.15. The van der Waals surface area contributed by atoms with E-state index in [1.165, 1.54) is 10.9 Å². The Morgan fingerprint density at radius 1 is 1.21 bits per heavy atom. The molecule has 1 fully saturated rings. The van der Waals surface area contributed by atoms with Crippen LogP contribution in [0.5, 0.6) is 0 Å². The predicted molar refractivity (Wildman–Crippen MR) is 104 cm³/mol. The number of para-hydroxylation sites is 1. The third-order valence-electron chi connectivity index (χ3n) is 5.61. The van der Waals surface area contributed by atoms with Gasteiger partial charge in [0.05, 0.1) is 17.4 Å². The van der Waals surface area contributed by atoms with Crippen molar-refractivity contribution in [3.05, 3.63) is 77.2 Å². The Kier molecular flexibility index (Phi) is 3.61. The summed E-state index contributed by atoms with van der Waals surface area (Å²) in [6.45, 7) is -0.199. The topological polar surface area (TPSA) is 75.4 Å². The van der Waals surface area contributed by atoms with E-state index in [0.717, 1.165) is 23.2 Å². The van der Waals surface area contributed by atoms with Crippen molar-refractivity contribution < 1.29 is 14.7 Å². The summed E-state index contributed by atoms with van der Waals surface area (Å²) in [5.74, 6) is -0.449. The van der Waals surface area contributed by atoms with Crippen LogP contribution < -0.4 is 4.90 Å². The van der Waals surface area contributed by atoms with Crippen LogP contribution in [0, 0.1) is 0 Å². The van der Waals surface area contributed by atoms with Crippen LogP contribution in [-0.4, -0.2) is 26.5 Å². The number of amides is 1. The molecule has 2 heterocycles. The minimum Gasteiger partial charge on any atom is -0.480 e. The average Bonchev–Trinajstić information content (AvgIpc) is 3.19. The molecule has 2 aliphatic rings. The lowest BCUT2D eigenvalue weighted by molar-refractivity contribution is -0.137. The second-order valence-corrected chi connectivity index (χ2v) is 7.67. The summed E-state index contributed by atoms with van der Waals surface area (Å²) in [6.07, 6.45) is 3.77. The van der Waals surface area contributed by atoms with E-state index in [-0.39, 0.29) is 18.4 Å². The molecule has 1 spiro atoms. The third-order valence-corrected chi connectivity index (χ3v) is 5.86. The minimum absolute atomic E-state index is 0.0192. The number of hydrogen-bond donors (Lipinski definition) is 1. The van der Waals surface area contributed by atoms with E-state index >= 15 is 0 Å². The molecule has 1 N–H and O–H groups in total. The number of carboxylic acids is 1. The molecule has 1 aliphatic heterocycles. The van der Waals surface area contributed by atoms with Crippen molar-refractivity contribution in [1.29, 1.82) is 0 Å². The van der Waals surface area contributed by atoms with E-state index < -0.39 is 11.4 Å². The van der Waals surface area contributed by atoms with Crippen molar-refractivity contribution in [3.8, 4) is 0 Å². The number of fused-ring (bicyclic) bond motifs is 2. The standard InChI is InChI=1S/C21H16ClN3O3/c22-14-7-5-13(6-8-14)16-9-21(16)15-3-1-2-4-17(15)25(20(21)28)18-10-24(12-23-18)11-19(26)27/h1-8,10,12,16H,9,11H2,(H,26,27)/t16-,21?/m1/s1. The molecule has 2 aromatic carbocycles. The smallest absolute Gasteiger partial charge is 0.323 e. The van der Waals surface area contributed by atoms with E-state index in [1.807, 2.05) is 48.5 Å². The Morgan fingerprint density at radius 2 is 1.96 bits per heavy atom. The molecular formula is C21H16ClN3O3. The van der Waals surface area contributed by atoms with Crippen LogP contribution in [0.3, 0.4) is 0 Å². The summed E-state index contributed by atoms with van der Waals surface area (Å²) in [7, 11) is 0. The first-order chi connectivity index (χ1) is 13.5. The first-order valence-corrected chi connectivity index (χ1v) is 9.31. The first kappa shape index (κ1) is 17.0. The van der Waals surface area contributed by atoms with E-state index in [0.29, 0.717) is 10.8 Å². The number of aromatic nitrogens is 2. The molecule has 0 saturated heterocycles. The average molecular weight is 394 g/mol. The van der Waals surface area contributed by atoms with Crippen LogP contribution >= 0.6 is 11.6 Å². The van der Waals surface area contributed by atoms with Gasteiger partial charge in [-0.1, -0.05) is 41.9 Å². The second kappa shape index (κ2) is 5.94. The number of carboxylic acid groups (broad SMARTS) is 1. The molecule has 1 aliphatic carbocycles. The fourth-order valence-electron chi connectivity index (χ4n) is 4.30. The summed E-state index contributed by atoms with van der Waals surface area (Å²) in [4.78, 5) is 30.4. The molecule has 5 rings (SSSR count). The normalized spacial score (nSPS) is 22.5. The number of nitrogens with zero attached hydrogens (tertiary/aromatic N) is 3. The molecule has 2 atom stereocenters. The van der Waals surface area contributed by atoms with Gasteiger partial charge in [0.2, 0.25) is 5.91 Å². The monoisotopic (exact) mass is 393 g/mol. The van der Waals surface area contributed by atoms with Gasteiger partial charge in [-0.3, -0.25) is 14.5 Å². The lowest BCUT2D eigenvalue weighted by Crippen LogP contribution is -2.29. The van der Waals surface area contributed by atoms with Crippen LogP contribution in [0.25, 0.3) is 0 Å². The highest BCUT2D eigenvalue weighted by Gasteiger charge is 2.67. The fraction of sp³-hybridized carbons (Fsp3) is 0.190. The molecule has 0 bridgehead atoms. The Bertz CT molecular complexity index is 1110. The van der Waals surface area contributed by atoms with Gasteiger partial charge in [0.1, 0.15) is 6.54 Å². The summed E-state index contributed by atoms with van der Waals surface area (Å²) >= 11 is 6.01. The predicted octanol–water partition coefficient (Wildman–Crippen LogP) is 3.72. The first-order valence-electron chi connectivity index (χ1n) is 8.94. The number of carbonyl (C=O) groups is 2. The Hall–Kier alpha value is -3.12. The van der Waals surface area contributed by atoms with E-state index in [4.69, 9.17) is 16.7 Å². The molecular weight excluding hydrogens is 378 g/mol. The van der Waals surface area contributed by atoms with Gasteiger partial charge in [-0.25, -0.2) is 4.98 Å². The SMILES string of the molecule is O=C(O)Cn1cnc(N2C(=O)C3(C[C@@H]3c3ccc(Cl)cc3)c3ccccc32)c1. The van der Waals surface area contributed by atoms with Crippen LogP contribution in [0.1, 0.15) is 23.5 Å². The molecule has 7 heteroatoms. The molecule has 1 aromatic heterocycles. The maximum atomic E-state index is 13.6. The number of anilines is 2. The zero-order valence-electron chi connectivity index (χ0n) is 14.7. The van der Waals surface area contributed by atoms with Gasteiger partial charge in [-0.2, -0.15) is 0 Å². The van der Waals surface area contributed by atoms with E-state index in [9.17, 15) is 9.59 Å². The Balaban J connectivity index is 1.55. The van der Waals surface area contributed by atoms with Crippen molar-refractivity contribution in [2.45, 2.75) is 24.3 Å². The van der Waals surface area contributed by atoms with Crippen LogP contribution in [0.4, 0.5) is 11.5 Å². The number of benzene rings is 2. The van der Waals surface area contributed by atoms with Gasteiger partial charge in [0.25, 0.3) is 0 Å².